The molecule has 0 saturated carbocycles. The molecule has 0 amide bonds. The van der Waals surface area contributed by atoms with Gasteiger partial charge in [0.15, 0.2) is 0 Å². The largest absolute Gasteiger partial charge is 0.317 e. The fourth-order valence-electron chi connectivity index (χ4n) is 3.05. The molecule has 1 aliphatic rings. The minimum Gasteiger partial charge on any atom is -0.317 e. The summed E-state index contributed by atoms with van der Waals surface area (Å²) in [6.45, 7) is 9.37. The number of hydrogen-bond acceptors (Lipinski definition) is 2. The third-order valence-electron chi connectivity index (χ3n) is 4.02. The molecule has 0 aromatic carbocycles. The van der Waals surface area contributed by atoms with Gasteiger partial charge in [0, 0.05) is 24.2 Å². The van der Waals surface area contributed by atoms with Crippen LogP contribution in [0.2, 0.25) is 0 Å². The van der Waals surface area contributed by atoms with Gasteiger partial charge in [-0.3, -0.25) is 4.90 Å². The Labute approximate surface area is 95.4 Å². The number of nitrogens with zero attached hydrogens (tertiary/aromatic N) is 1. The van der Waals surface area contributed by atoms with Gasteiger partial charge in [-0.2, -0.15) is 0 Å². The van der Waals surface area contributed by atoms with Crippen LogP contribution in [-0.4, -0.2) is 36.1 Å². The van der Waals surface area contributed by atoms with Crippen molar-refractivity contribution in [2.45, 2.75) is 77.5 Å². The molecule has 15 heavy (non-hydrogen) atoms. The van der Waals surface area contributed by atoms with Gasteiger partial charge in [0.25, 0.3) is 0 Å². The first kappa shape index (κ1) is 13.0. The van der Waals surface area contributed by atoms with Crippen LogP contribution in [0.15, 0.2) is 0 Å². The summed E-state index contributed by atoms with van der Waals surface area (Å²) in [6, 6.07) is 2.97. The summed E-state index contributed by atoms with van der Waals surface area (Å²) < 4.78 is 0. The van der Waals surface area contributed by atoms with Crippen molar-refractivity contribution in [3.63, 3.8) is 0 Å². The molecule has 1 heterocycles. The standard InChI is InChI=1S/C13H28N2/c1-6-13-8-7-11(3)15(13)12(4)9-10(2)14-5/h10-14H,6-9H2,1-5H3. The molecule has 0 aromatic heterocycles. The predicted octanol–water partition coefficient (Wildman–Crippen LogP) is 2.64. The Balaban J connectivity index is 2.52. The fraction of sp³-hybridized carbons (Fsp3) is 1.00. The van der Waals surface area contributed by atoms with Crippen LogP contribution in [0.25, 0.3) is 0 Å². The Hall–Kier alpha value is -0.0800. The maximum Gasteiger partial charge on any atom is 0.00988 e. The summed E-state index contributed by atoms with van der Waals surface area (Å²) >= 11 is 0. The molecule has 1 fully saturated rings. The highest BCUT2D eigenvalue weighted by Gasteiger charge is 2.32. The molecule has 4 unspecified atom stereocenters. The summed E-state index contributed by atoms with van der Waals surface area (Å²) in [5, 5.41) is 3.34. The maximum absolute atomic E-state index is 3.34. The Bertz CT molecular complexity index is 181. The second-order valence-corrected chi connectivity index (χ2v) is 5.21. The molecule has 2 nitrogen and oxygen atoms in total. The van der Waals surface area contributed by atoms with E-state index in [-0.39, 0.29) is 0 Å². The van der Waals surface area contributed by atoms with Gasteiger partial charge in [-0.25, -0.2) is 0 Å². The van der Waals surface area contributed by atoms with Gasteiger partial charge >= 0.3 is 0 Å². The van der Waals surface area contributed by atoms with E-state index in [0.717, 1.165) is 18.1 Å². The van der Waals surface area contributed by atoms with E-state index in [0.29, 0.717) is 6.04 Å². The zero-order valence-electron chi connectivity index (χ0n) is 11.1. The SMILES string of the molecule is CCC1CCC(C)N1C(C)CC(C)NC. The van der Waals surface area contributed by atoms with E-state index >= 15 is 0 Å². The van der Waals surface area contributed by atoms with Gasteiger partial charge in [0.1, 0.15) is 0 Å². The number of likely N-dealkylation sites (tertiary alicyclic amines) is 1. The zero-order chi connectivity index (χ0) is 11.4. The van der Waals surface area contributed by atoms with Gasteiger partial charge in [-0.1, -0.05) is 6.92 Å². The molecule has 0 radical (unpaired) electrons. The highest BCUT2D eigenvalue weighted by molar-refractivity contribution is 4.88. The summed E-state index contributed by atoms with van der Waals surface area (Å²) in [6.07, 6.45) is 5.35. The van der Waals surface area contributed by atoms with Gasteiger partial charge < -0.3 is 5.32 Å². The summed E-state index contributed by atoms with van der Waals surface area (Å²) in [5.74, 6) is 0. The third kappa shape index (κ3) is 3.18. The summed E-state index contributed by atoms with van der Waals surface area (Å²) in [7, 11) is 2.06. The second-order valence-electron chi connectivity index (χ2n) is 5.21. The zero-order valence-corrected chi connectivity index (χ0v) is 11.1. The molecule has 1 aliphatic heterocycles. The van der Waals surface area contributed by atoms with Crippen molar-refractivity contribution in [1.82, 2.24) is 10.2 Å². The molecule has 0 spiro atoms. The van der Waals surface area contributed by atoms with Crippen molar-refractivity contribution >= 4 is 0 Å². The summed E-state index contributed by atoms with van der Waals surface area (Å²) in [5.41, 5.74) is 0. The monoisotopic (exact) mass is 212 g/mol. The van der Waals surface area contributed by atoms with Crippen LogP contribution in [0.5, 0.6) is 0 Å². The molecule has 0 aromatic rings. The van der Waals surface area contributed by atoms with Crippen molar-refractivity contribution in [1.29, 1.82) is 0 Å². The quantitative estimate of drug-likeness (QED) is 0.753. The van der Waals surface area contributed by atoms with Gasteiger partial charge in [0.05, 0.1) is 0 Å². The van der Waals surface area contributed by atoms with Crippen LogP contribution in [0.3, 0.4) is 0 Å². The first-order chi connectivity index (χ1) is 7.10. The van der Waals surface area contributed by atoms with Crippen LogP contribution in [0, 0.1) is 0 Å². The Morgan fingerprint density at radius 3 is 2.53 bits per heavy atom. The maximum atomic E-state index is 3.34. The Morgan fingerprint density at radius 1 is 1.33 bits per heavy atom. The van der Waals surface area contributed by atoms with Crippen LogP contribution < -0.4 is 5.32 Å². The van der Waals surface area contributed by atoms with E-state index in [1.807, 2.05) is 0 Å². The van der Waals surface area contributed by atoms with Gasteiger partial charge in [0.2, 0.25) is 0 Å². The minimum absolute atomic E-state index is 0.630. The minimum atomic E-state index is 0.630. The lowest BCUT2D eigenvalue weighted by atomic mass is 10.1. The smallest absolute Gasteiger partial charge is 0.00988 e. The van der Waals surface area contributed by atoms with Crippen molar-refractivity contribution in [2.75, 3.05) is 7.05 Å². The van der Waals surface area contributed by atoms with Crippen molar-refractivity contribution < 1.29 is 0 Å². The summed E-state index contributed by atoms with van der Waals surface area (Å²) in [4.78, 5) is 2.74. The Morgan fingerprint density at radius 2 is 2.00 bits per heavy atom. The average molecular weight is 212 g/mol. The number of nitrogens with one attached hydrogen (secondary N) is 1. The molecule has 2 heteroatoms. The van der Waals surface area contributed by atoms with E-state index < -0.39 is 0 Å². The van der Waals surface area contributed by atoms with Crippen LogP contribution in [0.1, 0.15) is 53.4 Å². The molecule has 1 saturated heterocycles. The van der Waals surface area contributed by atoms with E-state index in [1.54, 1.807) is 0 Å². The molecule has 0 aliphatic carbocycles. The average Bonchev–Trinajstić information content (AvgIpc) is 2.59. The van der Waals surface area contributed by atoms with E-state index in [2.05, 4.69) is 45.0 Å². The molecule has 90 valence electrons. The fourth-order valence-corrected chi connectivity index (χ4v) is 3.05. The van der Waals surface area contributed by atoms with Gasteiger partial charge in [-0.15, -0.1) is 0 Å². The van der Waals surface area contributed by atoms with E-state index in [9.17, 15) is 0 Å². The van der Waals surface area contributed by atoms with E-state index in [1.165, 1.54) is 25.7 Å². The molecule has 0 bridgehead atoms. The number of rotatable bonds is 5. The van der Waals surface area contributed by atoms with Crippen LogP contribution in [0.4, 0.5) is 0 Å². The van der Waals surface area contributed by atoms with Crippen molar-refractivity contribution in [3.8, 4) is 0 Å². The van der Waals surface area contributed by atoms with Crippen molar-refractivity contribution in [3.05, 3.63) is 0 Å². The van der Waals surface area contributed by atoms with Crippen LogP contribution >= 0.6 is 0 Å². The highest BCUT2D eigenvalue weighted by Crippen LogP contribution is 2.29. The molecular formula is C13H28N2. The lowest BCUT2D eigenvalue weighted by Crippen LogP contribution is -2.44. The normalized spacial score (nSPS) is 31.8. The second kappa shape index (κ2) is 5.86. The molecular weight excluding hydrogens is 184 g/mol. The van der Waals surface area contributed by atoms with Crippen molar-refractivity contribution in [2.24, 2.45) is 0 Å². The molecule has 1 N–H and O–H groups in total. The van der Waals surface area contributed by atoms with Gasteiger partial charge in [-0.05, 0) is 53.5 Å². The highest BCUT2D eigenvalue weighted by atomic mass is 15.2. The van der Waals surface area contributed by atoms with Crippen LogP contribution in [-0.2, 0) is 0 Å². The topological polar surface area (TPSA) is 15.3 Å². The first-order valence-corrected chi connectivity index (χ1v) is 6.54. The first-order valence-electron chi connectivity index (χ1n) is 6.54. The number of hydrogen-bond donors (Lipinski definition) is 1. The van der Waals surface area contributed by atoms with E-state index in [4.69, 9.17) is 0 Å². The Kier molecular flexibility index (Phi) is 5.07. The third-order valence-corrected chi connectivity index (χ3v) is 4.02. The molecule has 4 atom stereocenters. The lowest BCUT2D eigenvalue weighted by Gasteiger charge is -2.35. The molecule has 1 rings (SSSR count). The lowest BCUT2D eigenvalue weighted by molar-refractivity contribution is 0.130. The predicted molar refractivity (Wildman–Crippen MR) is 67.2 cm³/mol.